The van der Waals surface area contributed by atoms with Crippen LogP contribution in [0.2, 0.25) is 5.02 Å². The molecule has 4 aliphatic rings. The summed E-state index contributed by atoms with van der Waals surface area (Å²) in [5.74, 6) is -1.53. The van der Waals surface area contributed by atoms with Gasteiger partial charge in [-0.05, 0) is 50.4 Å². The molecule has 8 nitrogen and oxygen atoms in total. The molecule has 0 saturated carbocycles. The number of nitrogens with one attached hydrogen (secondary N) is 1. The van der Waals surface area contributed by atoms with Gasteiger partial charge in [0.15, 0.2) is 5.82 Å². The maximum absolute atomic E-state index is 16.7. The van der Waals surface area contributed by atoms with Crippen molar-refractivity contribution >= 4 is 28.3 Å². The Balaban J connectivity index is 1.40. The van der Waals surface area contributed by atoms with Crippen LogP contribution in [0.3, 0.4) is 0 Å². The maximum atomic E-state index is 16.7. The highest BCUT2D eigenvalue weighted by molar-refractivity contribution is 6.32. The zero-order valence-corrected chi connectivity index (χ0v) is 24.9. The Labute approximate surface area is 260 Å². The third-order valence-electron chi connectivity index (χ3n) is 9.63. The third-order valence-corrected chi connectivity index (χ3v) is 9.93. The van der Waals surface area contributed by atoms with Crippen molar-refractivity contribution < 1.29 is 31.8 Å². The molecule has 2 N–H and O–H groups in total. The van der Waals surface area contributed by atoms with Gasteiger partial charge in [-0.3, -0.25) is 4.90 Å². The minimum absolute atomic E-state index is 0.0658. The summed E-state index contributed by atoms with van der Waals surface area (Å²) in [6.07, 6.45) is -1.21. The van der Waals surface area contributed by atoms with E-state index in [-0.39, 0.29) is 42.0 Å². The second kappa shape index (κ2) is 11.1. The second-order valence-corrected chi connectivity index (χ2v) is 13.0. The number of hydrogen-bond acceptors (Lipinski definition) is 8. The Morgan fingerprint density at radius 2 is 1.89 bits per heavy atom. The van der Waals surface area contributed by atoms with Crippen LogP contribution in [-0.2, 0) is 6.18 Å². The van der Waals surface area contributed by atoms with E-state index in [0.717, 1.165) is 44.7 Å². The SMILES string of the molecule is N#Cc1cc2c(N3CC4CCCC(C3)N4)nc(OC[C@@]34CCCN3C[C@H](F)C4)nc2c(F)c1-c1cc(O)cc(Cl)c1C(F)(F)F. The van der Waals surface area contributed by atoms with Crippen LogP contribution in [0.15, 0.2) is 18.2 Å². The number of anilines is 1. The van der Waals surface area contributed by atoms with Gasteiger partial charge in [0.25, 0.3) is 0 Å². The largest absolute Gasteiger partial charge is 0.508 e. The van der Waals surface area contributed by atoms with Gasteiger partial charge in [0, 0.05) is 54.7 Å². The number of hydrogen-bond donors (Lipinski definition) is 2. The van der Waals surface area contributed by atoms with Crippen LogP contribution in [-0.4, -0.2) is 76.6 Å². The summed E-state index contributed by atoms with van der Waals surface area (Å²) in [6, 6.07) is 4.67. The fourth-order valence-electron chi connectivity index (χ4n) is 7.75. The van der Waals surface area contributed by atoms with Crippen molar-refractivity contribution in [1.29, 1.82) is 5.26 Å². The van der Waals surface area contributed by atoms with E-state index < -0.39 is 56.7 Å². The highest BCUT2D eigenvalue weighted by atomic mass is 35.5. The summed E-state index contributed by atoms with van der Waals surface area (Å²) in [4.78, 5) is 13.1. The molecular weight excluding hydrogens is 619 g/mol. The predicted molar refractivity (Wildman–Crippen MR) is 157 cm³/mol. The van der Waals surface area contributed by atoms with Crippen LogP contribution >= 0.6 is 11.6 Å². The lowest BCUT2D eigenvalue weighted by molar-refractivity contribution is -0.137. The topological polar surface area (TPSA) is 97.5 Å². The molecule has 1 aromatic heterocycles. The van der Waals surface area contributed by atoms with Crippen molar-refractivity contribution in [2.45, 2.75) is 68.5 Å². The summed E-state index contributed by atoms with van der Waals surface area (Å²) in [7, 11) is 0. The minimum Gasteiger partial charge on any atom is -0.508 e. The number of alkyl halides is 4. The van der Waals surface area contributed by atoms with Crippen LogP contribution < -0.4 is 15.0 Å². The molecule has 0 aliphatic carbocycles. The molecule has 2 aromatic carbocycles. The van der Waals surface area contributed by atoms with Gasteiger partial charge in [0.1, 0.15) is 29.9 Å². The summed E-state index contributed by atoms with van der Waals surface area (Å²) in [5, 5.41) is 23.1. The van der Waals surface area contributed by atoms with E-state index in [9.17, 15) is 27.9 Å². The number of rotatable bonds is 5. The van der Waals surface area contributed by atoms with E-state index >= 15 is 4.39 Å². The number of aromatic hydroxyl groups is 1. The molecule has 4 atom stereocenters. The van der Waals surface area contributed by atoms with Crippen molar-refractivity contribution in [2.24, 2.45) is 0 Å². The Kier molecular flexibility index (Phi) is 7.45. The quantitative estimate of drug-likeness (QED) is 0.327. The van der Waals surface area contributed by atoms with Crippen molar-refractivity contribution in [2.75, 3.05) is 37.7 Å². The second-order valence-electron chi connectivity index (χ2n) is 12.6. The fourth-order valence-corrected chi connectivity index (χ4v) is 8.07. The third kappa shape index (κ3) is 5.30. The van der Waals surface area contributed by atoms with Gasteiger partial charge in [-0.2, -0.15) is 28.4 Å². The first-order valence-corrected chi connectivity index (χ1v) is 15.4. The van der Waals surface area contributed by atoms with E-state index in [0.29, 0.717) is 31.5 Å². The lowest BCUT2D eigenvalue weighted by Gasteiger charge is -2.43. The molecule has 4 aliphatic heterocycles. The van der Waals surface area contributed by atoms with E-state index in [4.69, 9.17) is 16.3 Å². The maximum Gasteiger partial charge on any atom is 0.418 e. The predicted octanol–water partition coefficient (Wildman–Crippen LogP) is 5.97. The zero-order valence-electron chi connectivity index (χ0n) is 24.1. The monoisotopic (exact) mass is 648 g/mol. The molecule has 2 unspecified atom stereocenters. The standard InChI is InChI=1S/C31H30ClF5N6O2/c32-23-9-20(44)8-21(25(23)31(35,36)37)24-16(11-38)7-22-27(26(24)34)40-29(45-15-30-5-2-6-43(30)12-17(33)10-30)41-28(22)42-13-18-3-1-4-19(14-42)39-18/h7-9,17-19,39,44H,1-6,10,12-15H2/t17-,18?,19?,30+/m1/s1. The molecule has 45 heavy (non-hydrogen) atoms. The van der Waals surface area contributed by atoms with Crippen molar-refractivity contribution in [3.8, 4) is 29.0 Å². The van der Waals surface area contributed by atoms with Crippen LogP contribution in [0.5, 0.6) is 11.8 Å². The number of fused-ring (bicyclic) bond motifs is 4. The van der Waals surface area contributed by atoms with Gasteiger partial charge >= 0.3 is 12.2 Å². The molecule has 3 aromatic rings. The Hall–Kier alpha value is -3.47. The van der Waals surface area contributed by atoms with E-state index in [1.165, 1.54) is 6.07 Å². The van der Waals surface area contributed by atoms with Crippen LogP contribution in [0.25, 0.3) is 22.0 Å². The number of phenols is 1. The molecule has 2 bridgehead atoms. The number of aromatic nitrogens is 2. The number of piperidine rings is 1. The van der Waals surface area contributed by atoms with Gasteiger partial charge < -0.3 is 20.1 Å². The van der Waals surface area contributed by atoms with Crippen LogP contribution in [0, 0.1) is 17.1 Å². The molecule has 0 radical (unpaired) electrons. The molecule has 238 valence electrons. The first-order chi connectivity index (χ1) is 21.5. The average molecular weight is 649 g/mol. The zero-order chi connectivity index (χ0) is 31.7. The molecule has 4 saturated heterocycles. The number of halogens is 6. The van der Waals surface area contributed by atoms with Gasteiger partial charge in [-0.25, -0.2) is 8.78 Å². The number of nitriles is 1. The lowest BCUT2D eigenvalue weighted by Crippen LogP contribution is -2.59. The Morgan fingerprint density at radius 1 is 1.13 bits per heavy atom. The molecule has 7 rings (SSSR count). The fraction of sp³-hybridized carbons (Fsp3) is 0.516. The van der Waals surface area contributed by atoms with Crippen molar-refractivity contribution in [1.82, 2.24) is 20.2 Å². The van der Waals surface area contributed by atoms with Crippen molar-refractivity contribution in [3.63, 3.8) is 0 Å². The minimum atomic E-state index is -5.03. The lowest BCUT2D eigenvalue weighted by atomic mass is 9.92. The van der Waals surface area contributed by atoms with E-state index in [1.54, 1.807) is 0 Å². The van der Waals surface area contributed by atoms with Gasteiger partial charge in [0.2, 0.25) is 0 Å². The molecule has 0 amide bonds. The first-order valence-electron chi connectivity index (χ1n) is 15.0. The normalized spacial score (nSPS) is 26.7. The molecule has 4 fully saturated rings. The highest BCUT2D eigenvalue weighted by Gasteiger charge is 2.49. The molecule has 14 heteroatoms. The first kappa shape index (κ1) is 30.2. The number of piperazine rings is 1. The molecule has 5 heterocycles. The van der Waals surface area contributed by atoms with E-state index in [1.807, 2.05) is 11.0 Å². The number of ether oxygens (including phenoxy) is 1. The Morgan fingerprint density at radius 3 is 2.60 bits per heavy atom. The molecular formula is C31H30ClF5N6O2. The van der Waals surface area contributed by atoms with Gasteiger partial charge in [0.05, 0.1) is 27.8 Å². The van der Waals surface area contributed by atoms with E-state index in [2.05, 4.69) is 20.2 Å². The smallest absolute Gasteiger partial charge is 0.418 e. The van der Waals surface area contributed by atoms with Gasteiger partial charge in [-0.15, -0.1) is 0 Å². The van der Waals surface area contributed by atoms with Crippen molar-refractivity contribution in [3.05, 3.63) is 40.2 Å². The number of phenolic OH excluding ortho intramolecular Hbond substituents is 1. The molecule has 0 spiro atoms. The summed E-state index contributed by atoms with van der Waals surface area (Å²) in [5.41, 5.74) is -4.15. The average Bonchev–Trinajstić information content (AvgIpc) is 3.50. The number of benzene rings is 2. The highest BCUT2D eigenvalue weighted by Crippen LogP contribution is 2.47. The summed E-state index contributed by atoms with van der Waals surface area (Å²) in [6.45, 7) is 2.18. The van der Waals surface area contributed by atoms with Gasteiger partial charge in [-0.1, -0.05) is 18.0 Å². The summed E-state index contributed by atoms with van der Waals surface area (Å²) < 4.78 is 79.9. The number of nitrogens with zero attached hydrogens (tertiary/aromatic N) is 5. The van der Waals surface area contributed by atoms with Crippen LogP contribution in [0.1, 0.15) is 49.7 Å². The van der Waals surface area contributed by atoms with Crippen LogP contribution in [0.4, 0.5) is 27.8 Å². The summed E-state index contributed by atoms with van der Waals surface area (Å²) >= 11 is 5.92. The Bertz CT molecular complexity index is 1700.